The number of hydrogen-bond donors (Lipinski definition) is 1. The molecule has 0 fully saturated rings. The van der Waals surface area contributed by atoms with Crippen molar-refractivity contribution in [2.24, 2.45) is 0 Å². The van der Waals surface area contributed by atoms with Crippen molar-refractivity contribution in [3.05, 3.63) is 65.3 Å². The maximum atomic E-state index is 11.8. The number of halogens is 1. The summed E-state index contributed by atoms with van der Waals surface area (Å²) >= 11 is 3.46. The number of carbonyl (C=O) groups excluding carboxylic acids is 1. The Morgan fingerprint density at radius 1 is 1.19 bits per heavy atom. The van der Waals surface area contributed by atoms with Crippen molar-refractivity contribution in [1.82, 2.24) is 14.9 Å². The highest BCUT2D eigenvalue weighted by Crippen LogP contribution is 2.20. The van der Waals surface area contributed by atoms with Crippen molar-refractivity contribution in [1.29, 1.82) is 0 Å². The fourth-order valence-electron chi connectivity index (χ4n) is 2.95. The van der Waals surface area contributed by atoms with Crippen LogP contribution in [-0.2, 0) is 13.0 Å². The first kappa shape index (κ1) is 18.5. The molecule has 0 radical (unpaired) electrons. The van der Waals surface area contributed by atoms with Crippen LogP contribution in [0, 0.1) is 0 Å². The lowest BCUT2D eigenvalue weighted by Gasteiger charge is -2.08. The van der Waals surface area contributed by atoms with Crippen LogP contribution in [0.15, 0.2) is 58.1 Å². The van der Waals surface area contributed by atoms with Gasteiger partial charge in [-0.1, -0.05) is 41.1 Å². The predicted octanol–water partition coefficient (Wildman–Crippen LogP) is 4.68. The number of benzene rings is 1. The van der Waals surface area contributed by atoms with Crippen LogP contribution >= 0.6 is 15.9 Å². The van der Waals surface area contributed by atoms with Gasteiger partial charge in [0.25, 0.3) is 5.91 Å². The Balaban J connectivity index is 1.48. The lowest BCUT2D eigenvalue weighted by molar-refractivity contribution is 0.0925. The van der Waals surface area contributed by atoms with Crippen molar-refractivity contribution in [2.45, 2.75) is 32.2 Å². The Morgan fingerprint density at radius 3 is 2.81 bits per heavy atom. The summed E-state index contributed by atoms with van der Waals surface area (Å²) in [6, 6.07) is 11.5. The molecule has 26 heavy (non-hydrogen) atoms. The highest BCUT2D eigenvalue weighted by molar-refractivity contribution is 9.11. The van der Waals surface area contributed by atoms with E-state index in [9.17, 15) is 4.79 Å². The zero-order valence-electron chi connectivity index (χ0n) is 14.6. The summed E-state index contributed by atoms with van der Waals surface area (Å²) in [5.74, 6) is 1.27. The van der Waals surface area contributed by atoms with Gasteiger partial charge in [-0.3, -0.25) is 4.79 Å². The van der Waals surface area contributed by atoms with Gasteiger partial charge in [-0.15, -0.1) is 0 Å². The first-order valence-corrected chi connectivity index (χ1v) is 9.53. The standard InChI is InChI=1S/C20H22BrN3O2/c1-15(21)14-24-17-9-5-4-8-16(17)23-19(24)11-3-2-6-12-22-20(25)18-10-7-13-26-18/h4-5,7-10,13H,1-3,6,11-12,14H2,(H,22,25). The summed E-state index contributed by atoms with van der Waals surface area (Å²) in [6.07, 6.45) is 5.38. The molecule has 0 spiro atoms. The van der Waals surface area contributed by atoms with Crippen molar-refractivity contribution in [2.75, 3.05) is 6.54 Å². The molecule has 0 aliphatic heterocycles. The SMILES string of the molecule is C=C(Br)Cn1c(CCCCCNC(=O)c2ccco2)nc2ccccc21. The first-order valence-electron chi connectivity index (χ1n) is 8.74. The molecule has 1 aromatic carbocycles. The van der Waals surface area contributed by atoms with Gasteiger partial charge in [-0.2, -0.15) is 0 Å². The van der Waals surface area contributed by atoms with Crippen molar-refractivity contribution < 1.29 is 9.21 Å². The molecule has 0 unspecified atom stereocenters. The smallest absolute Gasteiger partial charge is 0.286 e. The molecule has 1 N–H and O–H groups in total. The predicted molar refractivity (Wildman–Crippen MR) is 106 cm³/mol. The van der Waals surface area contributed by atoms with Crippen molar-refractivity contribution in [3.63, 3.8) is 0 Å². The maximum absolute atomic E-state index is 11.8. The van der Waals surface area contributed by atoms with Crippen LogP contribution in [-0.4, -0.2) is 22.0 Å². The van der Waals surface area contributed by atoms with Crippen LogP contribution in [0.4, 0.5) is 0 Å². The van der Waals surface area contributed by atoms with Gasteiger partial charge in [0, 0.05) is 17.4 Å². The number of unbranched alkanes of at least 4 members (excludes halogenated alkanes) is 2. The van der Waals surface area contributed by atoms with Crippen LogP contribution in [0.1, 0.15) is 35.6 Å². The van der Waals surface area contributed by atoms with E-state index in [1.165, 1.54) is 6.26 Å². The quantitative estimate of drug-likeness (QED) is 0.516. The van der Waals surface area contributed by atoms with Gasteiger partial charge >= 0.3 is 0 Å². The summed E-state index contributed by atoms with van der Waals surface area (Å²) in [5, 5.41) is 2.87. The number of aromatic nitrogens is 2. The first-order chi connectivity index (χ1) is 12.6. The van der Waals surface area contributed by atoms with Crippen LogP contribution < -0.4 is 5.32 Å². The van der Waals surface area contributed by atoms with Gasteiger partial charge < -0.3 is 14.3 Å². The van der Waals surface area contributed by atoms with Gasteiger partial charge in [-0.05, 0) is 37.1 Å². The van der Waals surface area contributed by atoms with E-state index in [0.29, 0.717) is 12.3 Å². The minimum Gasteiger partial charge on any atom is -0.459 e. The van der Waals surface area contributed by atoms with E-state index in [1.807, 2.05) is 18.2 Å². The number of aryl methyl sites for hydroxylation is 1. The average molecular weight is 416 g/mol. The Kier molecular flexibility index (Phi) is 6.28. The summed E-state index contributed by atoms with van der Waals surface area (Å²) < 4.78 is 8.22. The van der Waals surface area contributed by atoms with Crippen LogP contribution in [0.2, 0.25) is 0 Å². The van der Waals surface area contributed by atoms with Gasteiger partial charge in [0.2, 0.25) is 0 Å². The van der Waals surface area contributed by atoms with Gasteiger partial charge in [-0.25, -0.2) is 4.98 Å². The second-order valence-corrected chi connectivity index (χ2v) is 7.29. The maximum Gasteiger partial charge on any atom is 0.286 e. The number of nitrogens with zero attached hydrogens (tertiary/aromatic N) is 2. The topological polar surface area (TPSA) is 60.1 Å². The molecule has 3 aromatic rings. The number of hydrogen-bond acceptors (Lipinski definition) is 3. The van der Waals surface area contributed by atoms with Gasteiger partial charge in [0.15, 0.2) is 5.76 Å². The number of rotatable bonds is 9. The minimum atomic E-state index is -0.160. The number of carbonyl (C=O) groups is 1. The summed E-state index contributed by atoms with van der Waals surface area (Å²) in [5.41, 5.74) is 2.15. The van der Waals surface area contributed by atoms with Crippen LogP contribution in [0.25, 0.3) is 11.0 Å². The number of para-hydroxylation sites is 2. The number of imidazole rings is 1. The molecule has 1 amide bonds. The number of allylic oxidation sites excluding steroid dienone is 1. The molecule has 2 aromatic heterocycles. The Hall–Kier alpha value is -2.34. The molecule has 3 rings (SSSR count). The Bertz CT molecular complexity index is 884. The third-order valence-electron chi connectivity index (χ3n) is 4.17. The molecule has 5 nitrogen and oxygen atoms in total. The van der Waals surface area contributed by atoms with E-state index < -0.39 is 0 Å². The number of furan rings is 1. The van der Waals surface area contributed by atoms with Crippen molar-refractivity contribution in [3.8, 4) is 0 Å². The fourth-order valence-corrected chi connectivity index (χ4v) is 3.20. The van der Waals surface area contributed by atoms with E-state index in [-0.39, 0.29) is 5.91 Å². The molecule has 0 saturated heterocycles. The number of amides is 1. The lowest BCUT2D eigenvalue weighted by atomic mass is 10.2. The largest absolute Gasteiger partial charge is 0.459 e. The molecule has 0 saturated carbocycles. The van der Waals surface area contributed by atoms with Crippen LogP contribution in [0.5, 0.6) is 0 Å². The minimum absolute atomic E-state index is 0.160. The molecule has 2 heterocycles. The van der Waals surface area contributed by atoms with E-state index in [2.05, 4.69) is 38.5 Å². The normalized spacial score (nSPS) is 11.0. The zero-order valence-corrected chi connectivity index (χ0v) is 16.2. The summed E-state index contributed by atoms with van der Waals surface area (Å²) in [7, 11) is 0. The Labute approximate surface area is 161 Å². The van der Waals surface area contributed by atoms with Gasteiger partial charge in [0.1, 0.15) is 5.82 Å². The van der Waals surface area contributed by atoms with E-state index in [1.54, 1.807) is 12.1 Å². The van der Waals surface area contributed by atoms with Crippen molar-refractivity contribution >= 4 is 32.9 Å². The van der Waals surface area contributed by atoms with E-state index in [4.69, 9.17) is 9.40 Å². The number of fused-ring (bicyclic) bond motifs is 1. The third kappa shape index (κ3) is 4.64. The average Bonchev–Trinajstić information content (AvgIpc) is 3.26. The highest BCUT2D eigenvalue weighted by Gasteiger charge is 2.11. The second-order valence-electron chi connectivity index (χ2n) is 6.16. The number of nitrogens with one attached hydrogen (secondary N) is 1. The fraction of sp³-hybridized carbons (Fsp3) is 0.300. The van der Waals surface area contributed by atoms with E-state index in [0.717, 1.165) is 53.6 Å². The molecule has 136 valence electrons. The molecule has 0 atom stereocenters. The lowest BCUT2D eigenvalue weighted by Crippen LogP contribution is -2.23. The zero-order chi connectivity index (χ0) is 18.4. The molecular formula is C20H22BrN3O2. The third-order valence-corrected chi connectivity index (χ3v) is 4.42. The summed E-state index contributed by atoms with van der Waals surface area (Å²) in [6.45, 7) is 5.32. The monoisotopic (exact) mass is 415 g/mol. The van der Waals surface area contributed by atoms with E-state index >= 15 is 0 Å². The van der Waals surface area contributed by atoms with Crippen LogP contribution in [0.3, 0.4) is 0 Å². The second kappa shape index (κ2) is 8.85. The summed E-state index contributed by atoms with van der Waals surface area (Å²) in [4.78, 5) is 16.5. The van der Waals surface area contributed by atoms with Gasteiger partial charge in [0.05, 0.1) is 23.8 Å². The molecule has 0 aliphatic rings. The molecular weight excluding hydrogens is 394 g/mol. The molecule has 0 aliphatic carbocycles. The molecule has 6 heteroatoms. The molecule has 0 bridgehead atoms. The Morgan fingerprint density at radius 2 is 2.04 bits per heavy atom. The highest BCUT2D eigenvalue weighted by atomic mass is 79.9.